The van der Waals surface area contributed by atoms with Gasteiger partial charge >= 0.3 is 0 Å². The number of hydrogen-bond acceptors (Lipinski definition) is 4. The molecule has 1 atom stereocenters. The number of fused-ring (bicyclic) bond motifs is 1. The summed E-state index contributed by atoms with van der Waals surface area (Å²) in [5, 5.41) is 3.65. The largest absolute Gasteiger partial charge is 0.377 e. The number of benzene rings is 1. The lowest BCUT2D eigenvalue weighted by Crippen LogP contribution is -2.39. The number of imidazole rings is 1. The molecule has 0 aliphatic carbocycles. The zero-order chi connectivity index (χ0) is 22.7. The molecule has 0 spiro atoms. The summed E-state index contributed by atoms with van der Waals surface area (Å²) in [5.41, 5.74) is 3.71. The molecular weight excluding hydrogens is 400 g/mol. The summed E-state index contributed by atoms with van der Waals surface area (Å²) in [5.74, 6) is 1.33. The first-order valence-electron chi connectivity index (χ1n) is 11.6. The van der Waals surface area contributed by atoms with Crippen LogP contribution in [-0.2, 0) is 11.3 Å². The van der Waals surface area contributed by atoms with Crippen LogP contribution in [0.1, 0.15) is 68.1 Å². The van der Waals surface area contributed by atoms with E-state index in [9.17, 15) is 4.79 Å². The summed E-state index contributed by atoms with van der Waals surface area (Å²) in [7, 11) is 0. The highest BCUT2D eigenvalue weighted by Crippen LogP contribution is 2.34. The van der Waals surface area contributed by atoms with Crippen LogP contribution in [0.15, 0.2) is 48.7 Å². The number of pyridine rings is 1. The van der Waals surface area contributed by atoms with Gasteiger partial charge in [0.2, 0.25) is 0 Å². The number of carbonyl (C=O) groups excluding carboxylic acids is 1. The molecule has 3 aromatic rings. The maximum Gasteiger partial charge on any atom is 0.253 e. The zero-order valence-electron chi connectivity index (χ0n) is 19.6. The predicted octanol–water partition coefficient (Wildman–Crippen LogP) is 5.10. The Kier molecular flexibility index (Phi) is 6.51. The van der Waals surface area contributed by atoms with E-state index in [0.29, 0.717) is 19.8 Å². The lowest BCUT2D eigenvalue weighted by molar-refractivity contribution is 0.0706. The van der Waals surface area contributed by atoms with Crippen LogP contribution in [0.25, 0.3) is 5.65 Å². The second-order valence-electron chi connectivity index (χ2n) is 9.57. The Morgan fingerprint density at radius 3 is 2.69 bits per heavy atom. The number of anilines is 1. The molecule has 32 heavy (non-hydrogen) atoms. The molecule has 170 valence electrons. The van der Waals surface area contributed by atoms with Gasteiger partial charge in [0.15, 0.2) is 0 Å². The molecule has 0 unspecified atom stereocenters. The molecule has 1 aromatic carbocycles. The molecule has 0 bridgehead atoms. The van der Waals surface area contributed by atoms with Gasteiger partial charge in [0.1, 0.15) is 11.5 Å². The Bertz CT molecular complexity index is 1070. The zero-order valence-corrected chi connectivity index (χ0v) is 19.6. The summed E-state index contributed by atoms with van der Waals surface area (Å²) in [4.78, 5) is 20.2. The minimum atomic E-state index is -0.0893. The van der Waals surface area contributed by atoms with Crippen molar-refractivity contribution in [2.45, 2.75) is 58.6 Å². The number of likely N-dealkylation sites (tertiary alicyclic amines) is 1. The molecule has 6 nitrogen and oxygen atoms in total. The Hall–Kier alpha value is -2.86. The first kappa shape index (κ1) is 22.3. The topological polar surface area (TPSA) is 58.9 Å². The van der Waals surface area contributed by atoms with Crippen molar-refractivity contribution in [3.63, 3.8) is 0 Å². The van der Waals surface area contributed by atoms with Gasteiger partial charge in [-0.3, -0.25) is 9.20 Å². The van der Waals surface area contributed by atoms with Crippen LogP contribution in [0.3, 0.4) is 0 Å². The number of rotatable bonds is 6. The molecular formula is C26H34N4O2. The third-order valence-corrected chi connectivity index (χ3v) is 5.82. The number of aromatic nitrogens is 2. The number of amides is 1. The molecule has 1 fully saturated rings. The molecule has 3 heterocycles. The van der Waals surface area contributed by atoms with E-state index >= 15 is 0 Å². The van der Waals surface area contributed by atoms with E-state index < -0.39 is 0 Å². The van der Waals surface area contributed by atoms with Gasteiger partial charge in [0, 0.05) is 42.9 Å². The Morgan fingerprint density at radius 1 is 1.19 bits per heavy atom. The SMILES string of the molecule is CCOCc1ccc(C(=O)N2CCC[C@H](c3nc4ccccn4c3NC(C)(C)C)C2)cc1. The highest BCUT2D eigenvalue weighted by molar-refractivity contribution is 5.94. The quantitative estimate of drug-likeness (QED) is 0.586. The third-order valence-electron chi connectivity index (χ3n) is 5.82. The first-order chi connectivity index (χ1) is 15.4. The molecule has 6 heteroatoms. The van der Waals surface area contributed by atoms with Crippen LogP contribution in [0, 0.1) is 0 Å². The lowest BCUT2D eigenvalue weighted by Gasteiger charge is -2.33. The van der Waals surface area contributed by atoms with Crippen molar-refractivity contribution >= 4 is 17.4 Å². The smallest absolute Gasteiger partial charge is 0.253 e. The van der Waals surface area contributed by atoms with E-state index in [1.165, 1.54) is 0 Å². The highest BCUT2D eigenvalue weighted by Gasteiger charge is 2.30. The summed E-state index contributed by atoms with van der Waals surface area (Å²) < 4.78 is 7.58. The third kappa shape index (κ3) is 4.96. The normalized spacial score (nSPS) is 17.0. The molecule has 1 aliphatic heterocycles. The van der Waals surface area contributed by atoms with Gasteiger partial charge in [-0.05, 0) is 70.4 Å². The van der Waals surface area contributed by atoms with Crippen molar-refractivity contribution in [3.05, 3.63) is 65.5 Å². The van der Waals surface area contributed by atoms with Crippen molar-refractivity contribution in [1.29, 1.82) is 0 Å². The maximum absolute atomic E-state index is 13.2. The van der Waals surface area contributed by atoms with E-state index in [4.69, 9.17) is 9.72 Å². The first-order valence-corrected chi connectivity index (χ1v) is 11.6. The van der Waals surface area contributed by atoms with Gasteiger partial charge in [0.05, 0.1) is 12.3 Å². The van der Waals surface area contributed by atoms with Gasteiger partial charge in [0.25, 0.3) is 5.91 Å². The number of nitrogens with one attached hydrogen (secondary N) is 1. The highest BCUT2D eigenvalue weighted by atomic mass is 16.5. The molecule has 2 aromatic heterocycles. The molecule has 1 amide bonds. The second-order valence-corrected chi connectivity index (χ2v) is 9.57. The molecule has 0 saturated carbocycles. The fourth-order valence-electron chi connectivity index (χ4n) is 4.31. The summed E-state index contributed by atoms with van der Waals surface area (Å²) in [6.07, 6.45) is 4.05. The van der Waals surface area contributed by atoms with E-state index in [0.717, 1.165) is 47.7 Å². The predicted molar refractivity (Wildman–Crippen MR) is 128 cm³/mol. The molecule has 1 saturated heterocycles. The van der Waals surface area contributed by atoms with Crippen LogP contribution in [-0.4, -0.2) is 45.4 Å². The van der Waals surface area contributed by atoms with Gasteiger partial charge < -0.3 is 15.0 Å². The van der Waals surface area contributed by atoms with E-state index in [1.54, 1.807) is 0 Å². The van der Waals surface area contributed by atoms with E-state index in [1.807, 2.05) is 54.3 Å². The fraction of sp³-hybridized carbons (Fsp3) is 0.462. The molecule has 0 radical (unpaired) electrons. The van der Waals surface area contributed by atoms with E-state index in [2.05, 4.69) is 36.7 Å². The monoisotopic (exact) mass is 434 g/mol. The number of carbonyl (C=O) groups is 1. The van der Waals surface area contributed by atoms with Gasteiger partial charge in [-0.25, -0.2) is 4.98 Å². The standard InChI is InChI=1S/C26H34N4O2/c1-5-32-18-19-11-13-20(14-12-19)25(31)29-15-8-9-21(17-29)23-24(28-26(2,3)4)30-16-7-6-10-22(30)27-23/h6-7,10-14,16,21,28H,5,8-9,15,17-18H2,1-4H3/t21-/m0/s1. The Labute approximate surface area is 190 Å². The number of nitrogens with zero attached hydrogens (tertiary/aromatic N) is 3. The van der Waals surface area contributed by atoms with Crippen LogP contribution in [0.4, 0.5) is 5.82 Å². The van der Waals surface area contributed by atoms with Crippen molar-refractivity contribution < 1.29 is 9.53 Å². The van der Waals surface area contributed by atoms with Gasteiger partial charge in [-0.15, -0.1) is 0 Å². The van der Waals surface area contributed by atoms with E-state index in [-0.39, 0.29) is 17.4 Å². The van der Waals surface area contributed by atoms with Crippen LogP contribution >= 0.6 is 0 Å². The van der Waals surface area contributed by atoms with Gasteiger partial charge in [-0.1, -0.05) is 18.2 Å². The van der Waals surface area contributed by atoms with Crippen molar-refractivity contribution in [2.75, 3.05) is 25.0 Å². The van der Waals surface area contributed by atoms with Crippen LogP contribution < -0.4 is 5.32 Å². The molecule has 4 rings (SSSR count). The van der Waals surface area contributed by atoms with Crippen molar-refractivity contribution in [1.82, 2.24) is 14.3 Å². The molecule has 1 aliphatic rings. The maximum atomic E-state index is 13.2. The van der Waals surface area contributed by atoms with Crippen molar-refractivity contribution in [2.24, 2.45) is 0 Å². The molecule has 1 N–H and O–H groups in total. The summed E-state index contributed by atoms with van der Waals surface area (Å²) in [6.45, 7) is 11.2. The Morgan fingerprint density at radius 2 is 1.97 bits per heavy atom. The fourth-order valence-corrected chi connectivity index (χ4v) is 4.31. The second kappa shape index (κ2) is 9.33. The van der Waals surface area contributed by atoms with Crippen LogP contribution in [0.5, 0.6) is 0 Å². The number of hydrogen-bond donors (Lipinski definition) is 1. The summed E-state index contributed by atoms with van der Waals surface area (Å²) >= 11 is 0. The minimum absolute atomic E-state index is 0.0893. The van der Waals surface area contributed by atoms with Gasteiger partial charge in [-0.2, -0.15) is 0 Å². The average Bonchev–Trinajstić information content (AvgIpc) is 3.14. The average molecular weight is 435 g/mol. The summed E-state index contributed by atoms with van der Waals surface area (Å²) in [6, 6.07) is 13.9. The van der Waals surface area contributed by atoms with Crippen molar-refractivity contribution in [3.8, 4) is 0 Å². The number of ether oxygens (including phenoxy) is 1. The van der Waals surface area contributed by atoms with Crippen LogP contribution in [0.2, 0.25) is 0 Å². The Balaban J connectivity index is 1.56. The lowest BCUT2D eigenvalue weighted by atomic mass is 9.93. The number of piperidine rings is 1. The minimum Gasteiger partial charge on any atom is -0.377 e.